The highest BCUT2D eigenvalue weighted by Crippen LogP contribution is 2.29. The summed E-state index contributed by atoms with van der Waals surface area (Å²) in [7, 11) is -3.74. The summed E-state index contributed by atoms with van der Waals surface area (Å²) in [5.41, 5.74) is 7.64. The van der Waals surface area contributed by atoms with Gasteiger partial charge >= 0.3 is 6.09 Å². The molecule has 5 aromatic heterocycles. The number of rotatable bonds is 6. The zero-order valence-corrected chi connectivity index (χ0v) is 29.8. The second kappa shape index (κ2) is 14.0. The molecule has 0 radical (unpaired) electrons. The van der Waals surface area contributed by atoms with E-state index in [-0.39, 0.29) is 28.0 Å². The molecule has 6 heterocycles. The molecule has 4 N–H and O–H groups in total. The number of nitrogens with one attached hydrogen (secondary N) is 2. The largest absolute Gasteiger partial charge is 0.445 e. The molecule has 0 bridgehead atoms. The average molecular weight is 722 g/mol. The Morgan fingerprint density at radius 3 is 2.44 bits per heavy atom. The number of hydrazine groups is 1. The van der Waals surface area contributed by atoms with Gasteiger partial charge in [-0.25, -0.2) is 38.0 Å². The van der Waals surface area contributed by atoms with Crippen molar-refractivity contribution in [2.75, 3.05) is 18.5 Å². The van der Waals surface area contributed by atoms with E-state index in [9.17, 15) is 13.2 Å². The average Bonchev–Trinajstić information content (AvgIpc) is 3.92. The van der Waals surface area contributed by atoms with Crippen molar-refractivity contribution in [2.45, 2.75) is 56.4 Å². The van der Waals surface area contributed by atoms with Crippen molar-refractivity contribution in [2.24, 2.45) is 5.84 Å². The van der Waals surface area contributed by atoms with Crippen molar-refractivity contribution in [3.8, 4) is 0 Å². The Hall–Kier alpha value is -5.87. The molecule has 0 saturated carbocycles. The highest BCUT2D eigenvalue weighted by molar-refractivity contribution is 7.90. The van der Waals surface area contributed by atoms with E-state index in [1.54, 1.807) is 29.3 Å². The monoisotopic (exact) mass is 721 g/mol. The number of hydrogen-bond acceptors (Lipinski definition) is 11. The molecule has 0 unspecified atom stereocenters. The van der Waals surface area contributed by atoms with E-state index in [1.165, 1.54) is 12.4 Å². The van der Waals surface area contributed by atoms with Gasteiger partial charge in [0.25, 0.3) is 10.0 Å². The van der Waals surface area contributed by atoms with Crippen LogP contribution in [0.25, 0.3) is 28.0 Å². The maximum Gasteiger partial charge on any atom is 0.410 e. The van der Waals surface area contributed by atoms with Crippen molar-refractivity contribution in [3.63, 3.8) is 0 Å². The third-order valence-corrected chi connectivity index (χ3v) is 10.8. The number of nitrogen functional groups attached to an aromatic ring is 1. The number of benzene rings is 2. The number of hydrogen-bond donors (Lipinski definition) is 3. The van der Waals surface area contributed by atoms with E-state index in [1.807, 2.05) is 54.7 Å². The van der Waals surface area contributed by atoms with E-state index < -0.39 is 10.0 Å². The molecule has 8 rings (SSSR count). The first-order chi connectivity index (χ1) is 25.0. The van der Waals surface area contributed by atoms with Crippen molar-refractivity contribution < 1.29 is 17.9 Å². The van der Waals surface area contributed by atoms with Crippen molar-refractivity contribution in [1.82, 2.24) is 43.4 Å². The zero-order chi connectivity index (χ0) is 36.5. The van der Waals surface area contributed by atoms with Gasteiger partial charge in [0.05, 0.1) is 22.8 Å². The van der Waals surface area contributed by atoms with Gasteiger partial charge < -0.3 is 20.0 Å². The molecule has 15 nitrogen and oxygen atoms in total. The van der Waals surface area contributed by atoms with Crippen LogP contribution in [0.4, 0.5) is 10.6 Å². The molecule has 0 atom stereocenters. The quantitative estimate of drug-likeness (QED) is 0.148. The summed E-state index contributed by atoms with van der Waals surface area (Å²) in [6, 6.07) is 20.2. The molecule has 1 amide bonds. The van der Waals surface area contributed by atoms with Crippen LogP contribution in [0.3, 0.4) is 0 Å². The third kappa shape index (κ3) is 6.89. The molecular weight excluding hydrogens is 683 g/mol. The van der Waals surface area contributed by atoms with Gasteiger partial charge in [-0.3, -0.25) is 4.40 Å². The zero-order valence-electron chi connectivity index (χ0n) is 29.0. The lowest BCUT2D eigenvalue weighted by atomic mass is 9.87. The smallest absolute Gasteiger partial charge is 0.410 e. The Balaban J connectivity index is 0.000000164. The lowest BCUT2D eigenvalue weighted by Gasteiger charge is -2.30. The van der Waals surface area contributed by atoms with E-state index >= 15 is 0 Å². The molecule has 1 saturated heterocycles. The molecule has 7 aromatic rings. The standard InChI is InChI=1S/C20H20N6O2.C16H19N5O2S/c27-20(28-13-14-4-2-1-3-5-14)25-10-7-15(8-11-25)19-24-23-17-12-22-18-16(26(17)19)6-9-21-18;1-16(2,3)11-4-6-12(7-5-11)24(22,23)21-9-8-13-15(21)18-10-14(19-13)20-17/h1-6,9,12,15,21H,7-8,10-11,13H2;4-10H,17H2,1-3H3,(H,19,20). The fourth-order valence-corrected chi connectivity index (χ4v) is 7.48. The van der Waals surface area contributed by atoms with Crippen LogP contribution < -0.4 is 11.3 Å². The second-order valence-corrected chi connectivity index (χ2v) is 15.3. The summed E-state index contributed by atoms with van der Waals surface area (Å²) < 4.78 is 34.4. The van der Waals surface area contributed by atoms with Gasteiger partial charge in [0, 0.05) is 31.4 Å². The van der Waals surface area contributed by atoms with Crippen LogP contribution in [0.5, 0.6) is 0 Å². The number of nitrogens with zero attached hydrogens (tertiary/aromatic N) is 8. The predicted octanol–water partition coefficient (Wildman–Crippen LogP) is 5.37. The molecule has 268 valence electrons. The lowest BCUT2D eigenvalue weighted by Crippen LogP contribution is -2.38. The van der Waals surface area contributed by atoms with E-state index in [4.69, 9.17) is 10.6 Å². The normalized spacial score (nSPS) is 14.0. The van der Waals surface area contributed by atoms with E-state index in [2.05, 4.69) is 60.7 Å². The Morgan fingerprint density at radius 2 is 1.73 bits per heavy atom. The van der Waals surface area contributed by atoms with E-state index in [0.29, 0.717) is 31.0 Å². The first kappa shape index (κ1) is 34.6. The number of carbonyl (C=O) groups excluding carboxylic acids is 1. The summed E-state index contributed by atoms with van der Waals surface area (Å²) in [5.74, 6) is 6.84. The summed E-state index contributed by atoms with van der Waals surface area (Å²) in [6.45, 7) is 7.83. The van der Waals surface area contributed by atoms with Crippen LogP contribution in [-0.2, 0) is 26.8 Å². The molecule has 52 heavy (non-hydrogen) atoms. The topological polar surface area (TPSA) is 191 Å². The number of carbonyl (C=O) groups is 1. The minimum atomic E-state index is -3.74. The van der Waals surface area contributed by atoms with Gasteiger partial charge in [-0.05, 0) is 53.6 Å². The first-order valence-electron chi connectivity index (χ1n) is 16.8. The molecule has 1 aliphatic heterocycles. The van der Waals surface area contributed by atoms with Crippen LogP contribution in [0.15, 0.2) is 96.4 Å². The maximum absolute atomic E-state index is 12.9. The van der Waals surface area contributed by atoms with Crippen LogP contribution >= 0.6 is 0 Å². The maximum atomic E-state index is 12.9. The summed E-state index contributed by atoms with van der Waals surface area (Å²) in [4.78, 5) is 30.2. The van der Waals surface area contributed by atoms with Gasteiger partial charge in [-0.2, -0.15) is 0 Å². The number of ether oxygens (including phenoxy) is 1. The summed E-state index contributed by atoms with van der Waals surface area (Å²) in [5, 5.41) is 8.69. The highest BCUT2D eigenvalue weighted by Gasteiger charge is 2.28. The number of fused-ring (bicyclic) bond motifs is 4. The van der Waals surface area contributed by atoms with Crippen molar-refractivity contribution in [3.05, 3.63) is 108 Å². The number of likely N-dealkylation sites (tertiary alicyclic amines) is 1. The van der Waals surface area contributed by atoms with Crippen LogP contribution in [0.2, 0.25) is 0 Å². The highest BCUT2D eigenvalue weighted by atomic mass is 32.2. The van der Waals surface area contributed by atoms with Crippen LogP contribution in [-0.4, -0.2) is 71.0 Å². The second-order valence-electron chi connectivity index (χ2n) is 13.5. The number of piperidine rings is 1. The first-order valence-corrected chi connectivity index (χ1v) is 18.3. The Morgan fingerprint density at radius 1 is 0.981 bits per heavy atom. The molecule has 1 fully saturated rings. The number of anilines is 1. The number of nitrogens with two attached hydrogens (primary N) is 1. The third-order valence-electron chi connectivity index (χ3n) is 9.07. The Kier molecular flexibility index (Phi) is 9.33. The predicted molar refractivity (Wildman–Crippen MR) is 196 cm³/mol. The number of amides is 1. The fourth-order valence-electron chi connectivity index (χ4n) is 6.18. The number of H-pyrrole nitrogens is 1. The van der Waals surface area contributed by atoms with Crippen molar-refractivity contribution >= 4 is 49.9 Å². The molecule has 1 aliphatic rings. The lowest BCUT2D eigenvalue weighted by molar-refractivity contribution is 0.0866. The summed E-state index contributed by atoms with van der Waals surface area (Å²) >= 11 is 0. The minimum absolute atomic E-state index is 0.0421. The van der Waals surface area contributed by atoms with E-state index in [0.717, 1.165) is 50.6 Å². The fraction of sp³-hybridized carbons (Fsp3) is 0.278. The van der Waals surface area contributed by atoms with Gasteiger partial charge in [0.15, 0.2) is 22.8 Å². The minimum Gasteiger partial charge on any atom is -0.445 e. The molecule has 2 aromatic carbocycles. The van der Waals surface area contributed by atoms with Crippen LogP contribution in [0.1, 0.15) is 56.5 Å². The van der Waals surface area contributed by atoms with Crippen LogP contribution in [0, 0.1) is 0 Å². The van der Waals surface area contributed by atoms with Gasteiger partial charge in [0.1, 0.15) is 17.9 Å². The molecular formula is C36H39N11O4S. The number of aromatic amines is 1. The summed E-state index contributed by atoms with van der Waals surface area (Å²) in [6.07, 6.45) is 7.82. The number of aromatic nitrogens is 8. The van der Waals surface area contributed by atoms with Crippen molar-refractivity contribution in [1.29, 1.82) is 0 Å². The Labute approximate surface area is 299 Å². The Bertz CT molecular complexity index is 2440. The molecule has 16 heteroatoms. The van der Waals surface area contributed by atoms with Gasteiger partial charge in [-0.1, -0.05) is 63.2 Å². The molecule has 0 spiro atoms. The van der Waals surface area contributed by atoms with Gasteiger partial charge in [0.2, 0.25) is 0 Å². The SMILES string of the molecule is CC(C)(C)c1ccc(S(=O)(=O)n2ccc3nc(NN)cnc32)cc1.O=C(OCc1ccccc1)N1CCC(c2nnc3cnc4[nH]ccc4n23)CC1. The molecule has 0 aliphatic carbocycles. The van der Waals surface area contributed by atoms with Gasteiger partial charge in [-0.15, -0.1) is 10.2 Å².